The molecule has 4 rings (SSSR count). The molecule has 12 heteroatoms. The van der Waals surface area contributed by atoms with Crippen LogP contribution in [0, 0.1) is 18.3 Å². The first-order valence-electron chi connectivity index (χ1n) is 11.4. The van der Waals surface area contributed by atoms with Crippen molar-refractivity contribution < 1.29 is 19.1 Å². The van der Waals surface area contributed by atoms with Gasteiger partial charge >= 0.3 is 6.09 Å². The number of hydrogen-bond acceptors (Lipinski definition) is 9. The van der Waals surface area contributed by atoms with E-state index in [1.807, 2.05) is 12.1 Å². The first kappa shape index (κ1) is 25.1. The third-order valence-corrected chi connectivity index (χ3v) is 6.86. The maximum atomic E-state index is 12.6. The molecule has 0 atom stereocenters. The quantitative estimate of drug-likeness (QED) is 0.331. The lowest BCUT2D eigenvalue weighted by molar-refractivity contribution is -0.113. The van der Waals surface area contributed by atoms with Crippen molar-refractivity contribution in [3.8, 4) is 11.8 Å². The number of aromatic nitrogens is 3. The maximum absolute atomic E-state index is 12.6. The predicted octanol–water partition coefficient (Wildman–Crippen LogP) is 3.70. The van der Waals surface area contributed by atoms with Crippen LogP contribution >= 0.6 is 11.8 Å². The van der Waals surface area contributed by atoms with Crippen molar-refractivity contribution in [3.63, 3.8) is 0 Å². The summed E-state index contributed by atoms with van der Waals surface area (Å²) in [6.45, 7) is 1.80. The normalized spacial score (nSPS) is 17.2. The number of rotatable bonds is 8. The molecule has 0 saturated heterocycles. The van der Waals surface area contributed by atoms with Crippen LogP contribution in [0.15, 0.2) is 29.6 Å². The van der Waals surface area contributed by atoms with Gasteiger partial charge in [-0.2, -0.15) is 5.26 Å². The molecule has 1 saturated carbocycles. The summed E-state index contributed by atoms with van der Waals surface area (Å²) in [4.78, 5) is 35.3. The Labute approximate surface area is 212 Å². The first-order valence-corrected chi connectivity index (χ1v) is 12.4. The van der Waals surface area contributed by atoms with Gasteiger partial charge in [-0.05, 0) is 50.8 Å². The highest BCUT2D eigenvalue weighted by atomic mass is 32.2. The average molecular weight is 510 g/mol. The number of nitrogens with two attached hydrogens (primary N) is 1. The van der Waals surface area contributed by atoms with Crippen LogP contribution < -0.4 is 21.1 Å². The van der Waals surface area contributed by atoms with Crippen LogP contribution in [-0.2, 0) is 9.53 Å². The van der Waals surface area contributed by atoms with Gasteiger partial charge in [-0.25, -0.2) is 14.8 Å². The average Bonchev–Trinajstić information content (AvgIpc) is 3.28. The summed E-state index contributed by atoms with van der Waals surface area (Å²) in [7, 11) is 1.59. The molecule has 2 amide bonds. The van der Waals surface area contributed by atoms with Gasteiger partial charge in [0.1, 0.15) is 23.6 Å². The van der Waals surface area contributed by atoms with Crippen LogP contribution in [0.3, 0.4) is 0 Å². The van der Waals surface area contributed by atoms with Crippen LogP contribution in [0.5, 0.6) is 5.75 Å². The molecular weight excluding hydrogens is 482 g/mol. The maximum Gasteiger partial charge on any atom is 0.404 e. The molecule has 1 aliphatic carbocycles. The predicted molar refractivity (Wildman–Crippen MR) is 136 cm³/mol. The van der Waals surface area contributed by atoms with Gasteiger partial charge in [0.2, 0.25) is 5.91 Å². The summed E-state index contributed by atoms with van der Waals surface area (Å²) in [6.07, 6.45) is 3.77. The van der Waals surface area contributed by atoms with Crippen molar-refractivity contribution in [1.82, 2.24) is 15.0 Å². The van der Waals surface area contributed by atoms with Crippen LogP contribution in [0.2, 0.25) is 0 Å². The Morgan fingerprint density at radius 1 is 1.31 bits per heavy atom. The number of hydrogen-bond donors (Lipinski definition) is 4. The van der Waals surface area contributed by atoms with Gasteiger partial charge in [-0.15, -0.1) is 0 Å². The summed E-state index contributed by atoms with van der Waals surface area (Å²) < 4.78 is 10.6. The Balaban J connectivity index is 1.35. The van der Waals surface area contributed by atoms with Gasteiger partial charge in [-0.3, -0.25) is 4.79 Å². The molecule has 2 heterocycles. The summed E-state index contributed by atoms with van der Waals surface area (Å²) >= 11 is 1.27. The van der Waals surface area contributed by atoms with E-state index in [-0.39, 0.29) is 23.8 Å². The molecule has 3 aromatic rings. The highest BCUT2D eigenvalue weighted by Gasteiger charge is 2.24. The summed E-state index contributed by atoms with van der Waals surface area (Å²) in [5.74, 6) is 0.630. The number of nitrogens with one attached hydrogen (secondary N) is 3. The Morgan fingerprint density at radius 2 is 2.08 bits per heavy atom. The van der Waals surface area contributed by atoms with Gasteiger partial charge in [0, 0.05) is 17.3 Å². The number of thioether (sulfide) groups is 1. The number of amides is 2. The highest BCUT2D eigenvalue weighted by Crippen LogP contribution is 2.32. The highest BCUT2D eigenvalue weighted by molar-refractivity contribution is 7.99. The minimum atomic E-state index is -0.740. The van der Waals surface area contributed by atoms with Crippen LogP contribution in [0.4, 0.5) is 16.2 Å². The fourth-order valence-corrected chi connectivity index (χ4v) is 4.88. The van der Waals surface area contributed by atoms with E-state index in [2.05, 4.69) is 25.6 Å². The topological polar surface area (TPSA) is 168 Å². The number of aromatic amines is 1. The molecule has 2 aromatic heterocycles. The molecule has 188 valence electrons. The minimum absolute atomic E-state index is 0.147. The molecule has 0 spiro atoms. The number of carbonyl (C=O) groups excluding carboxylic acids is 2. The van der Waals surface area contributed by atoms with E-state index < -0.39 is 6.09 Å². The summed E-state index contributed by atoms with van der Waals surface area (Å²) in [5, 5.41) is 16.1. The van der Waals surface area contributed by atoms with Crippen molar-refractivity contribution in [3.05, 3.63) is 35.7 Å². The lowest BCUT2D eigenvalue weighted by Crippen LogP contribution is -2.32. The molecule has 1 aromatic carbocycles. The lowest BCUT2D eigenvalue weighted by atomic mass is 9.92. The van der Waals surface area contributed by atoms with E-state index in [9.17, 15) is 9.59 Å². The number of nitriles is 1. The zero-order chi connectivity index (χ0) is 25.7. The molecule has 11 nitrogen and oxygen atoms in total. The Kier molecular flexibility index (Phi) is 7.80. The standard InChI is InChI=1S/C24H27N7O4S/c1-13-18(10-25)27-11-19-22(13)31-24(30-19)36-12-21(32)29-15-5-8-20(34-2)17(9-15)28-14-3-6-16(7-4-14)35-23(26)33/h5,8-9,11,14,16,28H,3-4,6-7,12H2,1-2H3,(H2,26,33)(H,29,32)(H,30,31). The van der Waals surface area contributed by atoms with Crippen LogP contribution in [0.1, 0.15) is 36.9 Å². The number of carbonyl (C=O) groups is 2. The number of pyridine rings is 1. The van der Waals surface area contributed by atoms with Gasteiger partial charge < -0.3 is 30.8 Å². The molecule has 0 aliphatic heterocycles. The second kappa shape index (κ2) is 11.2. The van der Waals surface area contributed by atoms with Crippen molar-refractivity contribution in [1.29, 1.82) is 5.26 Å². The summed E-state index contributed by atoms with van der Waals surface area (Å²) in [6, 6.07) is 7.65. The second-order valence-electron chi connectivity index (χ2n) is 8.45. The minimum Gasteiger partial charge on any atom is -0.495 e. The molecule has 0 unspecified atom stereocenters. The number of anilines is 2. The number of methoxy groups -OCH3 is 1. The Morgan fingerprint density at radius 3 is 2.78 bits per heavy atom. The number of imidazole rings is 1. The molecule has 1 fully saturated rings. The van der Waals surface area contributed by atoms with E-state index in [0.717, 1.165) is 36.9 Å². The Hall–Kier alpha value is -3.98. The van der Waals surface area contributed by atoms with E-state index in [1.54, 1.807) is 32.4 Å². The van der Waals surface area contributed by atoms with Gasteiger partial charge in [0.25, 0.3) is 0 Å². The van der Waals surface area contributed by atoms with Crippen molar-refractivity contribution >= 4 is 46.2 Å². The Bertz CT molecular complexity index is 1310. The monoisotopic (exact) mass is 509 g/mol. The molecular formula is C24H27N7O4S. The number of ether oxygens (including phenoxy) is 2. The van der Waals surface area contributed by atoms with Crippen LogP contribution in [-0.4, -0.2) is 52.0 Å². The molecule has 1 aliphatic rings. The van der Waals surface area contributed by atoms with Crippen molar-refractivity contribution in [2.24, 2.45) is 5.73 Å². The van der Waals surface area contributed by atoms with Gasteiger partial charge in [0.15, 0.2) is 5.16 Å². The second-order valence-corrected chi connectivity index (χ2v) is 9.42. The molecule has 0 radical (unpaired) electrons. The number of H-pyrrole nitrogens is 1. The number of nitrogens with zero attached hydrogens (tertiary/aromatic N) is 3. The molecule has 0 bridgehead atoms. The van der Waals surface area contributed by atoms with E-state index in [0.29, 0.717) is 33.4 Å². The largest absolute Gasteiger partial charge is 0.495 e. The smallest absolute Gasteiger partial charge is 0.404 e. The number of fused-ring (bicyclic) bond motifs is 1. The number of benzene rings is 1. The van der Waals surface area contributed by atoms with Gasteiger partial charge in [0.05, 0.1) is 35.8 Å². The molecule has 36 heavy (non-hydrogen) atoms. The number of aryl methyl sites for hydroxylation is 1. The third kappa shape index (κ3) is 5.98. The fourth-order valence-electron chi connectivity index (χ4n) is 4.20. The first-order chi connectivity index (χ1) is 17.4. The fraction of sp³-hybridized carbons (Fsp3) is 0.375. The van der Waals surface area contributed by atoms with E-state index in [1.165, 1.54) is 11.8 Å². The zero-order valence-corrected chi connectivity index (χ0v) is 20.8. The zero-order valence-electron chi connectivity index (χ0n) is 20.0. The van der Waals surface area contributed by atoms with Gasteiger partial charge in [-0.1, -0.05) is 11.8 Å². The summed E-state index contributed by atoms with van der Waals surface area (Å²) in [5.41, 5.74) is 8.95. The van der Waals surface area contributed by atoms with E-state index in [4.69, 9.17) is 20.5 Å². The van der Waals surface area contributed by atoms with Crippen LogP contribution in [0.25, 0.3) is 11.0 Å². The lowest BCUT2D eigenvalue weighted by Gasteiger charge is -2.29. The van der Waals surface area contributed by atoms with Crippen molar-refractivity contribution in [2.75, 3.05) is 23.5 Å². The van der Waals surface area contributed by atoms with Crippen molar-refractivity contribution in [2.45, 2.75) is 49.9 Å². The van der Waals surface area contributed by atoms with E-state index >= 15 is 0 Å². The number of primary amides is 1. The molecule has 5 N–H and O–H groups in total. The SMILES string of the molecule is COc1ccc(NC(=O)CSc2nc3c(C)c(C#N)ncc3[nH]2)cc1NC1CCC(OC(N)=O)CC1. The third-order valence-electron chi connectivity index (χ3n) is 5.99.